The van der Waals surface area contributed by atoms with Crippen LogP contribution in [-0.4, -0.2) is 71.2 Å². The lowest BCUT2D eigenvalue weighted by molar-refractivity contribution is -0.255. The Hall–Kier alpha value is -4.43. The SMILES string of the molecule is CC(=O)O[C@H]1[C@H](O)COC(Oc2c3c(c(-c4ccc5c(c4)OCO5)c4cc(CO)c(CO)cc24)C(=O)OC3)[C@@H]1OC(C)=O. The molecule has 13 heteroatoms. The molecule has 3 aliphatic rings. The molecule has 13 nitrogen and oxygen atoms in total. The third-order valence-corrected chi connectivity index (χ3v) is 7.47. The van der Waals surface area contributed by atoms with Crippen LogP contribution in [0.1, 0.15) is 40.9 Å². The lowest BCUT2D eigenvalue weighted by Gasteiger charge is -2.39. The van der Waals surface area contributed by atoms with Gasteiger partial charge in [0.15, 0.2) is 17.6 Å². The first kappa shape index (κ1) is 28.7. The number of aliphatic hydroxyl groups excluding tert-OH is 3. The van der Waals surface area contributed by atoms with Crippen molar-refractivity contribution >= 4 is 28.7 Å². The molecule has 1 fully saturated rings. The highest BCUT2D eigenvalue weighted by Gasteiger charge is 2.47. The second-order valence-corrected chi connectivity index (χ2v) is 10.2. The van der Waals surface area contributed by atoms with Gasteiger partial charge in [0.05, 0.1) is 25.4 Å². The number of benzene rings is 3. The van der Waals surface area contributed by atoms with Crippen LogP contribution in [0.3, 0.4) is 0 Å². The van der Waals surface area contributed by atoms with E-state index in [1.807, 2.05) is 0 Å². The Morgan fingerprint density at radius 1 is 0.884 bits per heavy atom. The zero-order chi connectivity index (χ0) is 30.4. The van der Waals surface area contributed by atoms with Crippen LogP contribution in [0.25, 0.3) is 21.9 Å². The molecule has 3 aromatic carbocycles. The number of rotatable bonds is 7. The van der Waals surface area contributed by atoms with E-state index < -0.39 is 55.7 Å². The molecule has 43 heavy (non-hydrogen) atoms. The molecule has 3 aromatic rings. The number of ether oxygens (including phenoxy) is 7. The highest BCUT2D eigenvalue weighted by Crippen LogP contribution is 2.48. The molecule has 0 radical (unpaired) electrons. The summed E-state index contributed by atoms with van der Waals surface area (Å²) in [5.41, 5.74) is 2.44. The number of carbonyl (C=O) groups excluding carboxylic acids is 3. The predicted octanol–water partition coefficient (Wildman–Crippen LogP) is 1.85. The van der Waals surface area contributed by atoms with Gasteiger partial charge in [-0.15, -0.1) is 0 Å². The van der Waals surface area contributed by atoms with Crippen LogP contribution in [0.2, 0.25) is 0 Å². The maximum atomic E-state index is 13.3. The molecule has 0 aromatic heterocycles. The minimum Gasteiger partial charge on any atom is -0.460 e. The molecule has 0 aliphatic carbocycles. The van der Waals surface area contributed by atoms with Gasteiger partial charge in [-0.25, -0.2) is 4.79 Å². The van der Waals surface area contributed by atoms with E-state index in [2.05, 4.69) is 0 Å². The van der Waals surface area contributed by atoms with Crippen molar-refractivity contribution < 1.29 is 62.9 Å². The van der Waals surface area contributed by atoms with Crippen LogP contribution in [0.4, 0.5) is 0 Å². The molecule has 0 saturated carbocycles. The van der Waals surface area contributed by atoms with Crippen molar-refractivity contribution in [1.29, 1.82) is 0 Å². The monoisotopic (exact) mass is 596 g/mol. The summed E-state index contributed by atoms with van der Waals surface area (Å²) in [7, 11) is 0. The first-order valence-electron chi connectivity index (χ1n) is 13.4. The fourth-order valence-electron chi connectivity index (χ4n) is 5.63. The molecule has 1 unspecified atom stereocenters. The Morgan fingerprint density at radius 3 is 2.26 bits per heavy atom. The van der Waals surface area contributed by atoms with Crippen LogP contribution < -0.4 is 14.2 Å². The molecule has 3 heterocycles. The van der Waals surface area contributed by atoms with Gasteiger partial charge in [0.1, 0.15) is 18.5 Å². The van der Waals surface area contributed by atoms with E-state index in [0.717, 1.165) is 13.8 Å². The highest BCUT2D eigenvalue weighted by molar-refractivity contribution is 6.13. The number of fused-ring (bicyclic) bond motifs is 3. The van der Waals surface area contributed by atoms with Crippen LogP contribution in [0.5, 0.6) is 17.2 Å². The molecular weight excluding hydrogens is 568 g/mol. The molecule has 3 N–H and O–H groups in total. The van der Waals surface area contributed by atoms with Gasteiger partial charge < -0.3 is 48.5 Å². The number of carbonyl (C=O) groups is 3. The second kappa shape index (κ2) is 11.3. The van der Waals surface area contributed by atoms with Gasteiger partial charge in [0.25, 0.3) is 0 Å². The van der Waals surface area contributed by atoms with Gasteiger partial charge >= 0.3 is 17.9 Å². The number of esters is 3. The summed E-state index contributed by atoms with van der Waals surface area (Å²) in [6.07, 6.45) is -5.39. The smallest absolute Gasteiger partial charge is 0.339 e. The summed E-state index contributed by atoms with van der Waals surface area (Å²) < 4.78 is 39.2. The zero-order valence-electron chi connectivity index (χ0n) is 23.2. The topological polar surface area (TPSA) is 177 Å². The van der Waals surface area contributed by atoms with E-state index in [4.69, 9.17) is 33.2 Å². The maximum Gasteiger partial charge on any atom is 0.339 e. The minimum absolute atomic E-state index is 0.0505. The van der Waals surface area contributed by atoms with Crippen LogP contribution in [-0.2, 0) is 48.4 Å². The summed E-state index contributed by atoms with van der Waals surface area (Å²) >= 11 is 0. The quantitative estimate of drug-likeness (QED) is 0.266. The lowest BCUT2D eigenvalue weighted by atomic mass is 9.87. The Balaban J connectivity index is 1.57. The van der Waals surface area contributed by atoms with E-state index >= 15 is 0 Å². The number of hydrogen-bond donors (Lipinski definition) is 3. The molecule has 3 aliphatic heterocycles. The largest absolute Gasteiger partial charge is 0.460 e. The van der Waals surface area contributed by atoms with Crippen molar-refractivity contribution in [1.82, 2.24) is 0 Å². The predicted molar refractivity (Wildman–Crippen MR) is 144 cm³/mol. The van der Waals surface area contributed by atoms with E-state index in [1.165, 1.54) is 0 Å². The van der Waals surface area contributed by atoms with Crippen molar-refractivity contribution in [3.8, 4) is 28.4 Å². The maximum absolute atomic E-state index is 13.3. The first-order valence-corrected chi connectivity index (χ1v) is 13.4. The average molecular weight is 597 g/mol. The van der Waals surface area contributed by atoms with Gasteiger partial charge in [-0.1, -0.05) is 6.07 Å². The highest BCUT2D eigenvalue weighted by atomic mass is 16.7. The van der Waals surface area contributed by atoms with Gasteiger partial charge in [0, 0.05) is 30.4 Å². The van der Waals surface area contributed by atoms with Gasteiger partial charge in [-0.3, -0.25) is 9.59 Å². The van der Waals surface area contributed by atoms with Crippen LogP contribution in [0.15, 0.2) is 30.3 Å². The van der Waals surface area contributed by atoms with Crippen LogP contribution >= 0.6 is 0 Å². The van der Waals surface area contributed by atoms with Crippen molar-refractivity contribution in [2.24, 2.45) is 0 Å². The lowest BCUT2D eigenvalue weighted by Crippen LogP contribution is -2.58. The molecule has 0 bridgehead atoms. The van der Waals surface area contributed by atoms with Crippen molar-refractivity contribution in [2.45, 2.75) is 58.3 Å². The third-order valence-electron chi connectivity index (χ3n) is 7.47. The van der Waals surface area contributed by atoms with Gasteiger partial charge in [-0.2, -0.15) is 0 Å². The van der Waals surface area contributed by atoms with Gasteiger partial charge in [0.2, 0.25) is 19.2 Å². The molecule has 0 spiro atoms. The summed E-state index contributed by atoms with van der Waals surface area (Å²) in [6, 6.07) is 8.48. The van der Waals surface area contributed by atoms with Crippen LogP contribution in [0, 0.1) is 0 Å². The fourth-order valence-corrected chi connectivity index (χ4v) is 5.63. The first-order chi connectivity index (χ1) is 20.7. The number of aliphatic hydroxyl groups is 3. The Labute approximate surface area is 244 Å². The Bertz CT molecular complexity index is 1630. The van der Waals surface area contributed by atoms with Crippen molar-refractivity contribution in [3.05, 3.63) is 52.6 Å². The summed E-state index contributed by atoms with van der Waals surface area (Å²) in [6.45, 7) is 1.05. The Kier molecular flexibility index (Phi) is 7.56. The molecule has 6 rings (SSSR count). The normalized spacial score (nSPS) is 22.2. The van der Waals surface area contributed by atoms with E-state index in [-0.39, 0.29) is 31.3 Å². The average Bonchev–Trinajstić information content (AvgIpc) is 3.61. The standard InChI is InChI=1S/C30H28O13/c1-13(33)41-27-21(35)11-38-30(28(27)42-14(2)34)43-26-19-6-17(9-32)16(8-31)5-18(19)24(25-20(26)10-37-29(25)36)15-3-4-22-23(7-15)40-12-39-22/h3-7,21,27-28,30-32,35H,8-12H2,1-2H3/t21-,27+,28-,30?/m1/s1. The van der Waals surface area contributed by atoms with E-state index in [1.54, 1.807) is 30.3 Å². The summed E-state index contributed by atoms with van der Waals surface area (Å²) in [5, 5.41) is 31.6. The number of cyclic esters (lactones) is 1. The summed E-state index contributed by atoms with van der Waals surface area (Å²) in [5.74, 6) is -0.934. The Morgan fingerprint density at radius 2 is 1.56 bits per heavy atom. The fraction of sp³-hybridized carbons (Fsp3) is 0.367. The second-order valence-electron chi connectivity index (χ2n) is 10.2. The molecule has 0 amide bonds. The summed E-state index contributed by atoms with van der Waals surface area (Å²) in [4.78, 5) is 37.1. The molecular formula is C30H28O13. The van der Waals surface area contributed by atoms with Crippen molar-refractivity contribution in [2.75, 3.05) is 13.4 Å². The number of hydrogen-bond acceptors (Lipinski definition) is 13. The minimum atomic E-state index is -1.38. The van der Waals surface area contributed by atoms with Gasteiger partial charge in [-0.05, 0) is 46.3 Å². The zero-order valence-corrected chi connectivity index (χ0v) is 23.2. The van der Waals surface area contributed by atoms with Crippen molar-refractivity contribution in [3.63, 3.8) is 0 Å². The molecule has 4 atom stereocenters. The molecule has 226 valence electrons. The third kappa shape index (κ3) is 5.10. The van der Waals surface area contributed by atoms with E-state index in [9.17, 15) is 29.7 Å². The molecule has 1 saturated heterocycles. The van der Waals surface area contributed by atoms with E-state index in [0.29, 0.717) is 50.1 Å².